The van der Waals surface area contributed by atoms with Gasteiger partial charge in [0, 0.05) is 13.0 Å². The highest BCUT2D eigenvalue weighted by Crippen LogP contribution is 2.31. The molecule has 1 N–H and O–H groups in total. The van der Waals surface area contributed by atoms with E-state index in [-0.39, 0.29) is 0 Å². The van der Waals surface area contributed by atoms with Crippen molar-refractivity contribution >= 4 is 11.0 Å². The van der Waals surface area contributed by atoms with Crippen molar-refractivity contribution in [2.75, 3.05) is 13.1 Å². The summed E-state index contributed by atoms with van der Waals surface area (Å²) in [7, 11) is 2.15. The third-order valence-corrected chi connectivity index (χ3v) is 4.19. The van der Waals surface area contributed by atoms with E-state index in [4.69, 9.17) is 4.98 Å². The summed E-state index contributed by atoms with van der Waals surface area (Å²) in [6, 6.07) is 6.54. The molecule has 1 aliphatic rings. The van der Waals surface area contributed by atoms with Gasteiger partial charge in [0.05, 0.1) is 11.0 Å². The molecule has 1 fully saturated rings. The van der Waals surface area contributed by atoms with Crippen molar-refractivity contribution in [3.63, 3.8) is 0 Å². The second-order valence-electron chi connectivity index (χ2n) is 5.60. The molecule has 3 rings (SSSR count). The number of hydrogen-bond donors (Lipinski definition) is 1. The van der Waals surface area contributed by atoms with Crippen LogP contribution in [0.4, 0.5) is 0 Å². The van der Waals surface area contributed by atoms with Gasteiger partial charge >= 0.3 is 0 Å². The molecule has 0 saturated carbocycles. The third kappa shape index (κ3) is 1.83. The summed E-state index contributed by atoms with van der Waals surface area (Å²) >= 11 is 0. The molecule has 0 radical (unpaired) electrons. The fraction of sp³-hybridized carbons (Fsp3) is 0.533. The van der Waals surface area contributed by atoms with Gasteiger partial charge < -0.3 is 9.88 Å². The fourth-order valence-electron chi connectivity index (χ4n) is 3.06. The smallest absolute Gasteiger partial charge is 0.113 e. The normalized spacial score (nSPS) is 24.6. The number of aryl methyl sites for hydroxylation is 2. The zero-order chi connectivity index (χ0) is 12.7. The largest absolute Gasteiger partial charge is 0.331 e. The lowest BCUT2D eigenvalue weighted by atomic mass is 9.87. The van der Waals surface area contributed by atoms with Crippen LogP contribution in [0.3, 0.4) is 0 Å². The van der Waals surface area contributed by atoms with Crippen LogP contribution in [0.5, 0.6) is 0 Å². The molecule has 2 unspecified atom stereocenters. The molecule has 3 nitrogen and oxygen atoms in total. The zero-order valence-electron chi connectivity index (χ0n) is 11.4. The SMILES string of the molecule is Cc1ccc2c(c1)nc(C1CCNCC1C)n2C. The average Bonchev–Trinajstić information content (AvgIpc) is 2.67. The predicted molar refractivity (Wildman–Crippen MR) is 74.8 cm³/mol. The lowest BCUT2D eigenvalue weighted by Gasteiger charge is -2.28. The number of benzene rings is 1. The Morgan fingerprint density at radius 2 is 2.22 bits per heavy atom. The summed E-state index contributed by atoms with van der Waals surface area (Å²) in [5.74, 6) is 2.50. The molecule has 1 saturated heterocycles. The highest BCUT2D eigenvalue weighted by Gasteiger charge is 2.26. The average molecular weight is 243 g/mol. The number of fused-ring (bicyclic) bond motifs is 1. The van der Waals surface area contributed by atoms with Gasteiger partial charge in [-0.05, 0) is 50.0 Å². The van der Waals surface area contributed by atoms with Gasteiger partial charge in [-0.1, -0.05) is 13.0 Å². The molecule has 1 aromatic carbocycles. The van der Waals surface area contributed by atoms with E-state index >= 15 is 0 Å². The maximum absolute atomic E-state index is 4.88. The van der Waals surface area contributed by atoms with Crippen LogP contribution in [0.25, 0.3) is 11.0 Å². The second kappa shape index (κ2) is 4.39. The van der Waals surface area contributed by atoms with Crippen LogP contribution in [0, 0.1) is 12.8 Å². The van der Waals surface area contributed by atoms with Crippen molar-refractivity contribution in [2.24, 2.45) is 13.0 Å². The lowest BCUT2D eigenvalue weighted by Crippen LogP contribution is -2.34. The van der Waals surface area contributed by atoms with E-state index in [1.807, 2.05) is 0 Å². The molecule has 2 aromatic rings. The van der Waals surface area contributed by atoms with E-state index in [2.05, 4.69) is 49.0 Å². The maximum atomic E-state index is 4.88. The van der Waals surface area contributed by atoms with E-state index in [0.717, 1.165) is 18.6 Å². The Labute approximate surface area is 108 Å². The molecule has 2 heterocycles. The minimum Gasteiger partial charge on any atom is -0.331 e. The van der Waals surface area contributed by atoms with Crippen LogP contribution in [-0.4, -0.2) is 22.6 Å². The standard InChI is InChI=1S/C15H21N3/c1-10-4-5-14-13(8-10)17-15(18(14)3)12-6-7-16-9-11(12)2/h4-5,8,11-12,16H,6-7,9H2,1-3H3. The molecule has 0 aliphatic carbocycles. The summed E-state index contributed by atoms with van der Waals surface area (Å²) in [6.45, 7) is 6.66. The summed E-state index contributed by atoms with van der Waals surface area (Å²) in [6.07, 6.45) is 1.19. The molecule has 2 atom stereocenters. The lowest BCUT2D eigenvalue weighted by molar-refractivity contribution is 0.334. The molecule has 3 heteroatoms. The monoisotopic (exact) mass is 243 g/mol. The molecule has 0 bridgehead atoms. The summed E-state index contributed by atoms with van der Waals surface area (Å²) in [5, 5.41) is 3.46. The van der Waals surface area contributed by atoms with E-state index in [1.54, 1.807) is 0 Å². The first-order valence-corrected chi connectivity index (χ1v) is 6.80. The molecule has 1 aromatic heterocycles. The van der Waals surface area contributed by atoms with Crippen molar-refractivity contribution in [2.45, 2.75) is 26.2 Å². The number of nitrogens with one attached hydrogen (secondary N) is 1. The second-order valence-corrected chi connectivity index (χ2v) is 5.60. The molecular formula is C15H21N3. The Hall–Kier alpha value is -1.35. The van der Waals surface area contributed by atoms with Crippen LogP contribution in [0.2, 0.25) is 0 Å². The number of aromatic nitrogens is 2. The zero-order valence-corrected chi connectivity index (χ0v) is 11.4. The van der Waals surface area contributed by atoms with Gasteiger partial charge in [0.15, 0.2) is 0 Å². The first-order valence-electron chi connectivity index (χ1n) is 6.80. The van der Waals surface area contributed by atoms with Crippen molar-refractivity contribution in [1.82, 2.24) is 14.9 Å². The van der Waals surface area contributed by atoms with Gasteiger partial charge in [0.2, 0.25) is 0 Å². The van der Waals surface area contributed by atoms with Crippen LogP contribution < -0.4 is 5.32 Å². The Bertz CT molecular complexity index is 570. The summed E-state index contributed by atoms with van der Waals surface area (Å²) in [5.41, 5.74) is 3.67. The summed E-state index contributed by atoms with van der Waals surface area (Å²) < 4.78 is 2.28. The van der Waals surface area contributed by atoms with Crippen molar-refractivity contribution in [3.05, 3.63) is 29.6 Å². The number of piperidine rings is 1. The van der Waals surface area contributed by atoms with Gasteiger partial charge in [-0.15, -0.1) is 0 Å². The Morgan fingerprint density at radius 1 is 1.39 bits per heavy atom. The van der Waals surface area contributed by atoms with E-state index < -0.39 is 0 Å². The minimum atomic E-state index is 0.587. The van der Waals surface area contributed by atoms with E-state index in [9.17, 15) is 0 Å². The molecular weight excluding hydrogens is 222 g/mol. The van der Waals surface area contributed by atoms with Crippen LogP contribution in [0.15, 0.2) is 18.2 Å². The molecule has 96 valence electrons. The van der Waals surface area contributed by atoms with Gasteiger partial charge in [-0.25, -0.2) is 4.98 Å². The minimum absolute atomic E-state index is 0.587. The molecule has 0 spiro atoms. The molecule has 18 heavy (non-hydrogen) atoms. The van der Waals surface area contributed by atoms with Crippen molar-refractivity contribution < 1.29 is 0 Å². The topological polar surface area (TPSA) is 29.9 Å². The quantitative estimate of drug-likeness (QED) is 0.834. The number of nitrogens with zero attached hydrogens (tertiary/aromatic N) is 2. The van der Waals surface area contributed by atoms with Crippen LogP contribution >= 0.6 is 0 Å². The van der Waals surface area contributed by atoms with Crippen molar-refractivity contribution in [3.8, 4) is 0 Å². The van der Waals surface area contributed by atoms with E-state index in [1.165, 1.54) is 23.3 Å². The third-order valence-electron chi connectivity index (χ3n) is 4.19. The number of hydrogen-bond acceptors (Lipinski definition) is 2. The Balaban J connectivity index is 2.08. The van der Waals surface area contributed by atoms with Gasteiger partial charge in [0.1, 0.15) is 5.82 Å². The highest BCUT2D eigenvalue weighted by atomic mass is 15.1. The predicted octanol–water partition coefficient (Wildman–Crippen LogP) is 2.59. The fourth-order valence-corrected chi connectivity index (χ4v) is 3.06. The molecule has 1 aliphatic heterocycles. The van der Waals surface area contributed by atoms with E-state index in [0.29, 0.717) is 11.8 Å². The summed E-state index contributed by atoms with van der Waals surface area (Å²) in [4.78, 5) is 4.88. The van der Waals surface area contributed by atoms with Gasteiger partial charge in [0.25, 0.3) is 0 Å². The van der Waals surface area contributed by atoms with Gasteiger partial charge in [-0.2, -0.15) is 0 Å². The van der Waals surface area contributed by atoms with Crippen LogP contribution in [-0.2, 0) is 7.05 Å². The number of rotatable bonds is 1. The Kier molecular flexibility index (Phi) is 2.86. The molecule has 0 amide bonds. The van der Waals surface area contributed by atoms with Gasteiger partial charge in [-0.3, -0.25) is 0 Å². The number of imidazole rings is 1. The van der Waals surface area contributed by atoms with Crippen molar-refractivity contribution in [1.29, 1.82) is 0 Å². The first kappa shape index (κ1) is 11.7. The van der Waals surface area contributed by atoms with Crippen LogP contribution in [0.1, 0.15) is 30.7 Å². The first-order chi connectivity index (χ1) is 8.66. The Morgan fingerprint density at radius 3 is 3.00 bits per heavy atom. The maximum Gasteiger partial charge on any atom is 0.113 e. The highest BCUT2D eigenvalue weighted by molar-refractivity contribution is 5.76.